The molecule has 0 radical (unpaired) electrons. The highest BCUT2D eigenvalue weighted by Crippen LogP contribution is 2.18. The molecule has 3 rings (SSSR count). The Morgan fingerprint density at radius 2 is 1.67 bits per heavy atom. The maximum absolute atomic E-state index is 12.4. The predicted molar refractivity (Wildman–Crippen MR) is 118 cm³/mol. The largest absolute Gasteiger partial charge is 0.349 e. The van der Waals surface area contributed by atoms with Crippen LogP contribution < -0.4 is 16.0 Å². The van der Waals surface area contributed by atoms with Crippen LogP contribution in [0.5, 0.6) is 0 Å². The number of benzene rings is 2. The highest BCUT2D eigenvalue weighted by molar-refractivity contribution is 7.80. The summed E-state index contributed by atoms with van der Waals surface area (Å²) in [5.41, 5.74) is 1.11. The maximum Gasteiger partial charge on any atom is 0.270 e. The fraction of sp³-hybridized carbons (Fsp3) is 0.286. The Balaban J connectivity index is 1.54. The second-order valence-electron chi connectivity index (χ2n) is 7.10. The van der Waals surface area contributed by atoms with Crippen molar-refractivity contribution in [2.45, 2.75) is 38.1 Å². The third-order valence-corrected chi connectivity index (χ3v) is 5.10. The molecule has 30 heavy (non-hydrogen) atoms. The minimum Gasteiger partial charge on any atom is -0.349 e. The van der Waals surface area contributed by atoms with Crippen molar-refractivity contribution in [3.63, 3.8) is 0 Å². The fourth-order valence-electron chi connectivity index (χ4n) is 3.32. The van der Waals surface area contributed by atoms with Crippen molar-refractivity contribution < 1.29 is 14.5 Å². The molecule has 0 spiro atoms. The van der Waals surface area contributed by atoms with Gasteiger partial charge < -0.3 is 10.6 Å². The molecule has 0 aliphatic heterocycles. The Bertz CT molecular complexity index is 956. The molecule has 1 aliphatic rings. The van der Waals surface area contributed by atoms with Crippen LogP contribution in [0.3, 0.4) is 0 Å². The predicted octanol–water partition coefficient (Wildman–Crippen LogP) is 3.78. The number of nitrogens with one attached hydrogen (secondary N) is 3. The van der Waals surface area contributed by atoms with E-state index in [1.54, 1.807) is 24.3 Å². The number of hydrogen-bond acceptors (Lipinski definition) is 5. The summed E-state index contributed by atoms with van der Waals surface area (Å²) in [6, 6.07) is 12.4. The van der Waals surface area contributed by atoms with E-state index in [4.69, 9.17) is 12.2 Å². The standard InChI is InChI=1S/C21H22N4O4S/c26-19(22-16-6-2-1-3-7-16)14-9-11-17(12-10-14)23-21(30)24-20(27)15-5-4-8-18(13-15)25(28)29/h4-5,8-13,16H,1-3,6-7H2,(H,22,26)(H2,23,24,27,30). The molecular formula is C21H22N4O4S. The van der Waals surface area contributed by atoms with Gasteiger partial charge in [0.15, 0.2) is 5.11 Å². The van der Waals surface area contributed by atoms with Crippen molar-refractivity contribution in [1.29, 1.82) is 0 Å². The molecule has 0 aromatic heterocycles. The van der Waals surface area contributed by atoms with Crippen LogP contribution in [0.4, 0.5) is 11.4 Å². The van der Waals surface area contributed by atoms with Gasteiger partial charge in [-0.3, -0.25) is 25.0 Å². The van der Waals surface area contributed by atoms with Crippen LogP contribution >= 0.6 is 12.2 Å². The Hall–Kier alpha value is -3.33. The summed E-state index contributed by atoms with van der Waals surface area (Å²) in [5, 5.41) is 19.3. The summed E-state index contributed by atoms with van der Waals surface area (Å²) in [7, 11) is 0. The molecular weight excluding hydrogens is 404 g/mol. The van der Waals surface area contributed by atoms with E-state index in [9.17, 15) is 19.7 Å². The SMILES string of the molecule is O=C(NC(=S)Nc1ccc(C(=O)NC2CCCCC2)cc1)c1cccc([N+](=O)[O-])c1. The van der Waals surface area contributed by atoms with Gasteiger partial charge >= 0.3 is 0 Å². The molecule has 1 fully saturated rings. The topological polar surface area (TPSA) is 113 Å². The van der Waals surface area contributed by atoms with Crippen LogP contribution in [0.2, 0.25) is 0 Å². The van der Waals surface area contributed by atoms with Gasteiger partial charge in [-0.15, -0.1) is 0 Å². The summed E-state index contributed by atoms with van der Waals surface area (Å²) >= 11 is 5.13. The third-order valence-electron chi connectivity index (χ3n) is 4.89. The second-order valence-corrected chi connectivity index (χ2v) is 7.51. The fourth-order valence-corrected chi connectivity index (χ4v) is 3.53. The normalized spacial score (nSPS) is 13.9. The quantitative estimate of drug-likeness (QED) is 0.381. The first-order valence-electron chi connectivity index (χ1n) is 9.70. The summed E-state index contributed by atoms with van der Waals surface area (Å²) in [5.74, 6) is -0.658. The molecule has 156 valence electrons. The number of rotatable bonds is 5. The zero-order valence-corrected chi connectivity index (χ0v) is 17.0. The smallest absolute Gasteiger partial charge is 0.270 e. The van der Waals surface area contributed by atoms with E-state index in [0.29, 0.717) is 11.3 Å². The molecule has 0 saturated heterocycles. The van der Waals surface area contributed by atoms with Crippen molar-refractivity contribution in [2.24, 2.45) is 0 Å². The summed E-state index contributed by atoms with van der Waals surface area (Å²) < 4.78 is 0. The van der Waals surface area contributed by atoms with Gasteiger partial charge in [-0.05, 0) is 55.4 Å². The van der Waals surface area contributed by atoms with Crippen molar-refractivity contribution >= 4 is 40.5 Å². The van der Waals surface area contributed by atoms with E-state index >= 15 is 0 Å². The molecule has 1 saturated carbocycles. The van der Waals surface area contributed by atoms with E-state index in [2.05, 4.69) is 16.0 Å². The number of hydrogen-bond donors (Lipinski definition) is 3. The van der Waals surface area contributed by atoms with Gasteiger partial charge in [-0.2, -0.15) is 0 Å². The summed E-state index contributed by atoms with van der Waals surface area (Å²) in [4.78, 5) is 34.9. The van der Waals surface area contributed by atoms with Crippen molar-refractivity contribution in [3.8, 4) is 0 Å². The van der Waals surface area contributed by atoms with Gasteiger partial charge in [-0.25, -0.2) is 0 Å². The number of carbonyl (C=O) groups is 2. The lowest BCUT2D eigenvalue weighted by Gasteiger charge is -2.22. The van der Waals surface area contributed by atoms with Gasteiger partial charge in [-0.1, -0.05) is 25.3 Å². The van der Waals surface area contributed by atoms with E-state index in [0.717, 1.165) is 25.7 Å². The zero-order valence-electron chi connectivity index (χ0n) is 16.2. The molecule has 2 aromatic carbocycles. The van der Waals surface area contributed by atoms with Gasteiger partial charge in [0.1, 0.15) is 0 Å². The van der Waals surface area contributed by atoms with Crippen LogP contribution in [-0.2, 0) is 0 Å². The molecule has 3 N–H and O–H groups in total. The van der Waals surface area contributed by atoms with Crippen molar-refractivity contribution in [2.75, 3.05) is 5.32 Å². The number of amides is 2. The second kappa shape index (κ2) is 9.93. The molecule has 2 aromatic rings. The maximum atomic E-state index is 12.4. The van der Waals surface area contributed by atoms with Gasteiger partial charge in [0.2, 0.25) is 0 Å². The molecule has 0 heterocycles. The van der Waals surface area contributed by atoms with Crippen LogP contribution in [0.25, 0.3) is 0 Å². The third kappa shape index (κ3) is 5.84. The minimum atomic E-state index is -0.570. The van der Waals surface area contributed by atoms with Gasteiger partial charge in [0, 0.05) is 35.0 Å². The highest BCUT2D eigenvalue weighted by atomic mass is 32.1. The lowest BCUT2D eigenvalue weighted by Crippen LogP contribution is -2.36. The molecule has 0 unspecified atom stereocenters. The van der Waals surface area contributed by atoms with Crippen molar-refractivity contribution in [1.82, 2.24) is 10.6 Å². The Labute approximate surface area is 179 Å². The first kappa shape index (κ1) is 21.4. The number of nitrogens with zero attached hydrogens (tertiary/aromatic N) is 1. The average molecular weight is 426 g/mol. The summed E-state index contributed by atoms with van der Waals surface area (Å²) in [6.07, 6.45) is 5.55. The molecule has 0 atom stereocenters. The lowest BCUT2D eigenvalue weighted by atomic mass is 9.95. The Morgan fingerprint density at radius 1 is 0.967 bits per heavy atom. The molecule has 0 bridgehead atoms. The monoisotopic (exact) mass is 426 g/mol. The minimum absolute atomic E-state index is 0.0471. The zero-order chi connectivity index (χ0) is 21.5. The van der Waals surface area contributed by atoms with E-state index < -0.39 is 10.8 Å². The number of non-ortho nitro benzene ring substituents is 1. The van der Waals surface area contributed by atoms with Crippen molar-refractivity contribution in [3.05, 3.63) is 69.8 Å². The first-order chi connectivity index (χ1) is 14.4. The van der Waals surface area contributed by atoms with Crippen LogP contribution in [0.1, 0.15) is 52.8 Å². The Kier molecular flexibility index (Phi) is 7.08. The van der Waals surface area contributed by atoms with Crippen LogP contribution in [0.15, 0.2) is 48.5 Å². The van der Waals surface area contributed by atoms with E-state index in [-0.39, 0.29) is 28.3 Å². The average Bonchev–Trinajstić information content (AvgIpc) is 2.75. The lowest BCUT2D eigenvalue weighted by molar-refractivity contribution is -0.384. The number of carbonyl (C=O) groups excluding carboxylic acids is 2. The van der Waals surface area contributed by atoms with Crippen LogP contribution in [0, 0.1) is 10.1 Å². The molecule has 2 amide bonds. The summed E-state index contributed by atoms with van der Waals surface area (Å²) in [6.45, 7) is 0. The Morgan fingerprint density at radius 3 is 2.33 bits per heavy atom. The molecule has 9 heteroatoms. The highest BCUT2D eigenvalue weighted by Gasteiger charge is 2.17. The van der Waals surface area contributed by atoms with Gasteiger partial charge in [0.25, 0.3) is 17.5 Å². The molecule has 8 nitrogen and oxygen atoms in total. The van der Waals surface area contributed by atoms with E-state index in [1.807, 2.05) is 0 Å². The number of nitro benzene ring substituents is 1. The number of thiocarbonyl (C=S) groups is 1. The van der Waals surface area contributed by atoms with E-state index in [1.165, 1.54) is 30.7 Å². The van der Waals surface area contributed by atoms with Gasteiger partial charge in [0.05, 0.1) is 4.92 Å². The molecule has 1 aliphatic carbocycles. The van der Waals surface area contributed by atoms with Crippen LogP contribution in [-0.4, -0.2) is 27.9 Å². The first-order valence-corrected chi connectivity index (χ1v) is 10.1. The number of nitro groups is 1. The number of anilines is 1.